The van der Waals surface area contributed by atoms with Crippen molar-refractivity contribution in [2.75, 3.05) is 13.2 Å². The molecular formula is C13H20O4. The van der Waals surface area contributed by atoms with E-state index in [1.807, 2.05) is 0 Å². The molecule has 17 heavy (non-hydrogen) atoms. The van der Waals surface area contributed by atoms with E-state index in [1.165, 1.54) is 6.92 Å². The van der Waals surface area contributed by atoms with Crippen molar-refractivity contribution >= 4 is 5.97 Å². The topological polar surface area (TPSA) is 44.8 Å². The fourth-order valence-corrected chi connectivity index (χ4v) is 1.91. The average Bonchev–Trinajstić information content (AvgIpc) is 2.34. The van der Waals surface area contributed by atoms with Gasteiger partial charge in [0, 0.05) is 13.3 Å². The average molecular weight is 240 g/mol. The molecule has 1 aliphatic heterocycles. The summed E-state index contributed by atoms with van der Waals surface area (Å²) in [6.45, 7) is 9.60. The van der Waals surface area contributed by atoms with Crippen LogP contribution in [-0.2, 0) is 19.0 Å². The Morgan fingerprint density at radius 2 is 2.29 bits per heavy atom. The standard InChI is InChI=1S/C13H20O4/c1-4-9-15-13(8-6-7-10-16-13)12(5-2)17-11(3)14/h4-5,12H,1-2,6-10H2,3H3/t12-,13+/m0/s1. The summed E-state index contributed by atoms with van der Waals surface area (Å²) in [5, 5.41) is 0. The van der Waals surface area contributed by atoms with E-state index in [9.17, 15) is 4.79 Å². The number of hydrogen-bond acceptors (Lipinski definition) is 4. The van der Waals surface area contributed by atoms with Crippen molar-refractivity contribution < 1.29 is 19.0 Å². The van der Waals surface area contributed by atoms with Gasteiger partial charge in [-0.25, -0.2) is 0 Å². The van der Waals surface area contributed by atoms with Gasteiger partial charge in [0.05, 0.1) is 13.2 Å². The van der Waals surface area contributed by atoms with Gasteiger partial charge in [0.2, 0.25) is 5.79 Å². The Hall–Kier alpha value is -1.13. The molecular weight excluding hydrogens is 220 g/mol. The molecule has 1 saturated heterocycles. The van der Waals surface area contributed by atoms with E-state index < -0.39 is 11.9 Å². The lowest BCUT2D eigenvalue weighted by Gasteiger charge is -2.40. The maximum atomic E-state index is 11.1. The van der Waals surface area contributed by atoms with Crippen LogP contribution in [0.4, 0.5) is 0 Å². The van der Waals surface area contributed by atoms with Gasteiger partial charge in [-0.2, -0.15) is 0 Å². The van der Waals surface area contributed by atoms with Gasteiger partial charge in [-0.15, -0.1) is 6.58 Å². The van der Waals surface area contributed by atoms with Crippen LogP contribution in [0.25, 0.3) is 0 Å². The van der Waals surface area contributed by atoms with Crippen LogP contribution in [0.5, 0.6) is 0 Å². The number of hydrogen-bond donors (Lipinski definition) is 0. The second kappa shape index (κ2) is 6.57. The quantitative estimate of drug-likeness (QED) is 0.527. The molecule has 1 rings (SSSR count). The molecule has 0 aliphatic carbocycles. The molecule has 0 unspecified atom stereocenters. The summed E-state index contributed by atoms with van der Waals surface area (Å²) in [5.74, 6) is -1.27. The lowest BCUT2D eigenvalue weighted by molar-refractivity contribution is -0.287. The third-order valence-electron chi connectivity index (χ3n) is 2.65. The highest BCUT2D eigenvalue weighted by Crippen LogP contribution is 2.32. The van der Waals surface area contributed by atoms with Crippen molar-refractivity contribution in [2.45, 2.75) is 38.1 Å². The first-order valence-corrected chi connectivity index (χ1v) is 5.83. The van der Waals surface area contributed by atoms with Gasteiger partial charge in [-0.3, -0.25) is 4.79 Å². The maximum Gasteiger partial charge on any atom is 0.303 e. The Morgan fingerprint density at radius 1 is 1.53 bits per heavy atom. The fraction of sp³-hybridized carbons (Fsp3) is 0.615. The van der Waals surface area contributed by atoms with Crippen molar-refractivity contribution in [3.8, 4) is 0 Å². The second-order valence-corrected chi connectivity index (χ2v) is 3.98. The van der Waals surface area contributed by atoms with Crippen molar-refractivity contribution in [1.82, 2.24) is 0 Å². The molecule has 4 heteroatoms. The molecule has 0 bridgehead atoms. The Labute approximate surface area is 102 Å². The van der Waals surface area contributed by atoms with Gasteiger partial charge in [0.15, 0.2) is 6.10 Å². The number of rotatable bonds is 6. The van der Waals surface area contributed by atoms with E-state index in [0.717, 1.165) is 12.8 Å². The van der Waals surface area contributed by atoms with Crippen molar-refractivity contribution in [2.24, 2.45) is 0 Å². The number of ether oxygens (including phenoxy) is 3. The molecule has 0 aromatic carbocycles. The van der Waals surface area contributed by atoms with E-state index in [0.29, 0.717) is 19.6 Å². The summed E-state index contributed by atoms with van der Waals surface area (Å²) >= 11 is 0. The number of carbonyl (C=O) groups excluding carboxylic acids is 1. The number of esters is 1. The summed E-state index contributed by atoms with van der Waals surface area (Å²) < 4.78 is 16.6. The van der Waals surface area contributed by atoms with Crippen LogP contribution in [-0.4, -0.2) is 31.1 Å². The lowest BCUT2D eigenvalue weighted by Crippen LogP contribution is -2.50. The van der Waals surface area contributed by atoms with Gasteiger partial charge >= 0.3 is 5.97 Å². The van der Waals surface area contributed by atoms with Gasteiger partial charge in [0.25, 0.3) is 0 Å². The van der Waals surface area contributed by atoms with Crippen molar-refractivity contribution in [3.63, 3.8) is 0 Å². The SMILES string of the molecule is C=CCO[C@]1([C@H](C=C)OC(C)=O)CCCCO1. The molecule has 1 heterocycles. The largest absolute Gasteiger partial charge is 0.453 e. The van der Waals surface area contributed by atoms with E-state index >= 15 is 0 Å². The highest BCUT2D eigenvalue weighted by molar-refractivity contribution is 5.66. The molecule has 0 amide bonds. The minimum absolute atomic E-state index is 0.353. The third-order valence-corrected chi connectivity index (χ3v) is 2.65. The van der Waals surface area contributed by atoms with E-state index in [-0.39, 0.29) is 5.97 Å². The van der Waals surface area contributed by atoms with Gasteiger partial charge in [-0.05, 0) is 18.9 Å². The van der Waals surface area contributed by atoms with Crippen LogP contribution < -0.4 is 0 Å². The van der Waals surface area contributed by atoms with Gasteiger partial charge < -0.3 is 14.2 Å². The molecule has 2 atom stereocenters. The first kappa shape index (κ1) is 13.9. The van der Waals surface area contributed by atoms with Crippen LogP contribution in [0, 0.1) is 0 Å². The zero-order valence-electron chi connectivity index (χ0n) is 10.3. The summed E-state index contributed by atoms with van der Waals surface area (Å²) in [4.78, 5) is 11.1. The third kappa shape index (κ3) is 3.68. The van der Waals surface area contributed by atoms with Crippen LogP contribution in [0.15, 0.2) is 25.3 Å². The lowest BCUT2D eigenvalue weighted by atomic mass is 9.99. The molecule has 0 radical (unpaired) electrons. The molecule has 0 aromatic heterocycles. The molecule has 1 aliphatic rings. The molecule has 4 nitrogen and oxygen atoms in total. The van der Waals surface area contributed by atoms with Crippen LogP contribution in [0.2, 0.25) is 0 Å². The predicted octanol–water partition coefficient (Wildman–Crippen LogP) is 2.20. The molecule has 96 valence electrons. The van der Waals surface area contributed by atoms with E-state index in [4.69, 9.17) is 14.2 Å². The molecule has 0 spiro atoms. The van der Waals surface area contributed by atoms with Gasteiger partial charge in [-0.1, -0.05) is 12.7 Å². The first-order valence-electron chi connectivity index (χ1n) is 5.83. The number of carbonyl (C=O) groups is 1. The zero-order valence-corrected chi connectivity index (χ0v) is 10.3. The predicted molar refractivity (Wildman–Crippen MR) is 64.4 cm³/mol. The maximum absolute atomic E-state index is 11.1. The molecule has 0 N–H and O–H groups in total. The molecule has 0 saturated carbocycles. The Morgan fingerprint density at radius 3 is 2.76 bits per heavy atom. The fourth-order valence-electron chi connectivity index (χ4n) is 1.91. The minimum Gasteiger partial charge on any atom is -0.453 e. The van der Waals surface area contributed by atoms with Crippen LogP contribution in [0.3, 0.4) is 0 Å². The normalized spacial score (nSPS) is 25.9. The van der Waals surface area contributed by atoms with E-state index in [1.54, 1.807) is 12.2 Å². The Balaban J connectivity index is 2.80. The van der Waals surface area contributed by atoms with Crippen molar-refractivity contribution in [3.05, 3.63) is 25.3 Å². The highest BCUT2D eigenvalue weighted by atomic mass is 16.7. The summed E-state index contributed by atoms with van der Waals surface area (Å²) in [6.07, 6.45) is 5.26. The van der Waals surface area contributed by atoms with Crippen LogP contribution in [0.1, 0.15) is 26.2 Å². The summed E-state index contributed by atoms with van der Waals surface area (Å²) in [6, 6.07) is 0. The highest BCUT2D eigenvalue weighted by Gasteiger charge is 2.43. The zero-order chi connectivity index (χ0) is 12.7. The Kier molecular flexibility index (Phi) is 5.38. The summed E-state index contributed by atoms with van der Waals surface area (Å²) in [5.41, 5.74) is 0. The van der Waals surface area contributed by atoms with Crippen LogP contribution >= 0.6 is 0 Å². The second-order valence-electron chi connectivity index (χ2n) is 3.98. The van der Waals surface area contributed by atoms with Crippen molar-refractivity contribution in [1.29, 1.82) is 0 Å². The first-order chi connectivity index (χ1) is 8.14. The molecule has 1 fully saturated rings. The minimum atomic E-state index is -0.903. The van der Waals surface area contributed by atoms with Gasteiger partial charge in [0.1, 0.15) is 0 Å². The van der Waals surface area contributed by atoms with E-state index in [2.05, 4.69) is 13.2 Å². The summed E-state index contributed by atoms with van der Waals surface area (Å²) in [7, 11) is 0. The monoisotopic (exact) mass is 240 g/mol. The smallest absolute Gasteiger partial charge is 0.303 e. The molecule has 0 aromatic rings. The Bertz CT molecular complexity index is 279.